The molecule has 0 saturated carbocycles. The van der Waals surface area contributed by atoms with Crippen molar-refractivity contribution in [2.75, 3.05) is 4.90 Å². The first-order valence-electron chi connectivity index (χ1n) is 8.26. The van der Waals surface area contributed by atoms with Crippen LogP contribution in [0.15, 0.2) is 72.8 Å². The number of hydrogen-bond acceptors (Lipinski definition) is 3. The second kappa shape index (κ2) is 6.02. The highest BCUT2D eigenvalue weighted by Crippen LogP contribution is 2.40. The first-order valence-corrected chi connectivity index (χ1v) is 8.26. The molecular weight excluding hydrogens is 310 g/mol. The van der Waals surface area contributed by atoms with Gasteiger partial charge in [-0.2, -0.15) is 0 Å². The number of nitrogens with zero attached hydrogens (tertiary/aromatic N) is 1. The number of para-hydroxylation sites is 2. The number of Topliss-reactive ketones (excluding diaryl/α,β-unsaturated/α-hetero) is 2. The Bertz CT molecular complexity index is 976. The van der Waals surface area contributed by atoms with Crippen LogP contribution in [0, 0.1) is 6.92 Å². The quantitative estimate of drug-likeness (QED) is 0.574. The van der Waals surface area contributed by atoms with Crippen molar-refractivity contribution in [1.82, 2.24) is 0 Å². The number of hydrogen-bond donors (Lipinski definition) is 0. The van der Waals surface area contributed by atoms with Gasteiger partial charge in [-0.3, -0.25) is 9.59 Å². The molecule has 3 nitrogen and oxygen atoms in total. The summed E-state index contributed by atoms with van der Waals surface area (Å²) in [4.78, 5) is 27.5. The number of benzene rings is 3. The molecule has 0 atom stereocenters. The zero-order valence-corrected chi connectivity index (χ0v) is 13.9. The molecule has 0 fully saturated rings. The Labute approximate surface area is 146 Å². The van der Waals surface area contributed by atoms with E-state index in [9.17, 15) is 9.59 Å². The van der Waals surface area contributed by atoms with E-state index < -0.39 is 0 Å². The molecule has 0 N–H and O–H groups in total. The maximum absolute atomic E-state index is 12.8. The summed E-state index contributed by atoms with van der Waals surface area (Å²) in [6.07, 6.45) is -0.101. The Kier molecular flexibility index (Phi) is 3.69. The molecule has 0 bridgehead atoms. The van der Waals surface area contributed by atoms with Gasteiger partial charge in [0.2, 0.25) is 0 Å². The highest BCUT2D eigenvalue weighted by Gasteiger charge is 2.28. The molecule has 0 aromatic heterocycles. The number of aryl methyl sites for hydroxylation is 1. The Morgan fingerprint density at radius 1 is 0.720 bits per heavy atom. The first kappa shape index (κ1) is 15.3. The molecule has 122 valence electrons. The average Bonchev–Trinajstić information content (AvgIpc) is 2.63. The van der Waals surface area contributed by atoms with Gasteiger partial charge in [-0.15, -0.1) is 0 Å². The van der Waals surface area contributed by atoms with Crippen molar-refractivity contribution >= 4 is 28.6 Å². The molecule has 0 unspecified atom stereocenters. The normalized spacial score (nSPS) is 13.7. The van der Waals surface area contributed by atoms with E-state index in [0.29, 0.717) is 11.1 Å². The van der Waals surface area contributed by atoms with Crippen LogP contribution in [-0.2, 0) is 0 Å². The number of ketones is 2. The number of fused-ring (bicyclic) bond motifs is 2. The fourth-order valence-corrected chi connectivity index (χ4v) is 3.29. The van der Waals surface area contributed by atoms with Crippen LogP contribution in [0.5, 0.6) is 0 Å². The molecule has 0 saturated heterocycles. The van der Waals surface area contributed by atoms with Crippen LogP contribution in [0.3, 0.4) is 0 Å². The van der Waals surface area contributed by atoms with E-state index in [1.165, 1.54) is 0 Å². The zero-order valence-electron chi connectivity index (χ0n) is 13.9. The Morgan fingerprint density at radius 2 is 1.36 bits per heavy atom. The van der Waals surface area contributed by atoms with Crippen molar-refractivity contribution in [3.63, 3.8) is 0 Å². The van der Waals surface area contributed by atoms with Crippen molar-refractivity contribution in [2.45, 2.75) is 13.3 Å². The van der Waals surface area contributed by atoms with Gasteiger partial charge in [0.05, 0.1) is 17.8 Å². The van der Waals surface area contributed by atoms with Crippen molar-refractivity contribution in [3.8, 4) is 0 Å². The highest BCUT2D eigenvalue weighted by molar-refractivity contribution is 6.19. The van der Waals surface area contributed by atoms with Crippen LogP contribution in [0.1, 0.15) is 32.7 Å². The molecular formula is C22H17NO2. The van der Waals surface area contributed by atoms with Crippen LogP contribution < -0.4 is 4.90 Å². The van der Waals surface area contributed by atoms with E-state index in [1.807, 2.05) is 78.6 Å². The standard InChI is InChI=1S/C22H17NO2/c1-15-11-12-20-18(13-15)22(25)14-21(24)17-9-5-6-10-19(17)23(20)16-7-3-2-4-8-16/h2-13H,14H2,1H3. The second-order valence-electron chi connectivity index (χ2n) is 6.23. The van der Waals surface area contributed by atoms with Gasteiger partial charge in [0.25, 0.3) is 0 Å². The lowest BCUT2D eigenvalue weighted by atomic mass is 9.93. The highest BCUT2D eigenvalue weighted by atomic mass is 16.1. The molecule has 0 radical (unpaired) electrons. The van der Waals surface area contributed by atoms with Crippen molar-refractivity contribution < 1.29 is 9.59 Å². The lowest BCUT2D eigenvalue weighted by molar-refractivity contribution is 0.0894. The van der Waals surface area contributed by atoms with Gasteiger partial charge in [-0.05, 0) is 43.3 Å². The molecule has 1 aliphatic rings. The lowest BCUT2D eigenvalue weighted by Gasteiger charge is -2.30. The van der Waals surface area contributed by atoms with Gasteiger partial charge in [0, 0.05) is 16.8 Å². The van der Waals surface area contributed by atoms with Gasteiger partial charge < -0.3 is 4.90 Å². The molecule has 4 rings (SSSR count). The van der Waals surface area contributed by atoms with E-state index >= 15 is 0 Å². The molecule has 0 amide bonds. The SMILES string of the molecule is Cc1ccc2c(c1)C(=O)CC(=O)c1ccccc1N2c1ccccc1. The maximum Gasteiger partial charge on any atom is 0.172 e. The van der Waals surface area contributed by atoms with E-state index in [1.54, 1.807) is 6.07 Å². The van der Waals surface area contributed by atoms with Crippen molar-refractivity contribution in [3.05, 3.63) is 89.5 Å². The minimum absolute atomic E-state index is 0.101. The second-order valence-corrected chi connectivity index (χ2v) is 6.23. The minimum atomic E-state index is -0.145. The first-order chi connectivity index (χ1) is 12.1. The Balaban J connectivity index is 2.06. The molecule has 1 aliphatic heterocycles. The van der Waals surface area contributed by atoms with E-state index in [4.69, 9.17) is 0 Å². The van der Waals surface area contributed by atoms with Crippen LogP contribution in [-0.4, -0.2) is 11.6 Å². The van der Waals surface area contributed by atoms with Crippen LogP contribution >= 0.6 is 0 Å². The number of carbonyl (C=O) groups excluding carboxylic acids is 2. The third kappa shape index (κ3) is 2.64. The maximum atomic E-state index is 12.8. The molecule has 1 heterocycles. The summed E-state index contributed by atoms with van der Waals surface area (Å²) in [5.74, 6) is -0.284. The Hall–Kier alpha value is -3.20. The number of rotatable bonds is 1. The lowest BCUT2D eigenvalue weighted by Crippen LogP contribution is -2.22. The summed E-state index contributed by atoms with van der Waals surface area (Å²) in [5.41, 5.74) is 4.69. The Morgan fingerprint density at radius 3 is 2.16 bits per heavy atom. The predicted molar refractivity (Wildman–Crippen MR) is 99.1 cm³/mol. The summed E-state index contributed by atoms with van der Waals surface area (Å²) in [6.45, 7) is 1.95. The molecule has 3 heteroatoms. The zero-order chi connectivity index (χ0) is 17.4. The number of carbonyl (C=O) groups is 2. The molecule has 0 spiro atoms. The average molecular weight is 327 g/mol. The summed E-state index contributed by atoms with van der Waals surface area (Å²) >= 11 is 0. The van der Waals surface area contributed by atoms with Crippen LogP contribution in [0.2, 0.25) is 0 Å². The van der Waals surface area contributed by atoms with Gasteiger partial charge in [-0.25, -0.2) is 0 Å². The van der Waals surface area contributed by atoms with E-state index in [2.05, 4.69) is 0 Å². The fourth-order valence-electron chi connectivity index (χ4n) is 3.29. The van der Waals surface area contributed by atoms with E-state index in [-0.39, 0.29) is 18.0 Å². The van der Waals surface area contributed by atoms with Crippen molar-refractivity contribution in [2.24, 2.45) is 0 Å². The smallest absolute Gasteiger partial charge is 0.172 e. The predicted octanol–water partition coefficient (Wildman–Crippen LogP) is 5.23. The molecule has 0 aliphatic carbocycles. The molecule has 3 aromatic rings. The minimum Gasteiger partial charge on any atom is -0.309 e. The fraction of sp³-hybridized carbons (Fsp3) is 0.0909. The third-order valence-electron chi connectivity index (χ3n) is 4.47. The third-order valence-corrected chi connectivity index (χ3v) is 4.47. The van der Waals surface area contributed by atoms with Gasteiger partial charge in [0.15, 0.2) is 11.6 Å². The molecule has 3 aromatic carbocycles. The van der Waals surface area contributed by atoms with Gasteiger partial charge >= 0.3 is 0 Å². The van der Waals surface area contributed by atoms with Gasteiger partial charge in [-0.1, -0.05) is 42.0 Å². The van der Waals surface area contributed by atoms with Crippen LogP contribution in [0.4, 0.5) is 17.1 Å². The topological polar surface area (TPSA) is 37.4 Å². The van der Waals surface area contributed by atoms with E-state index in [0.717, 1.165) is 22.6 Å². The monoisotopic (exact) mass is 327 g/mol. The number of anilines is 3. The largest absolute Gasteiger partial charge is 0.309 e. The van der Waals surface area contributed by atoms with Crippen molar-refractivity contribution in [1.29, 1.82) is 0 Å². The summed E-state index contributed by atoms with van der Waals surface area (Å²) in [6, 6.07) is 23.1. The molecule has 25 heavy (non-hydrogen) atoms. The summed E-state index contributed by atoms with van der Waals surface area (Å²) in [5, 5.41) is 0. The summed E-state index contributed by atoms with van der Waals surface area (Å²) < 4.78 is 0. The van der Waals surface area contributed by atoms with Crippen LogP contribution in [0.25, 0.3) is 0 Å². The van der Waals surface area contributed by atoms with Gasteiger partial charge in [0.1, 0.15) is 0 Å². The summed E-state index contributed by atoms with van der Waals surface area (Å²) in [7, 11) is 0.